The normalized spacial score (nSPS) is 13.9. The molecule has 24 heavy (non-hydrogen) atoms. The number of rotatable bonds is 5. The van der Waals surface area contributed by atoms with Gasteiger partial charge in [-0.2, -0.15) is 0 Å². The lowest BCUT2D eigenvalue weighted by Gasteiger charge is -2.16. The second-order valence-corrected chi connectivity index (χ2v) is 5.56. The second-order valence-electron chi connectivity index (χ2n) is 5.56. The molecule has 1 aliphatic heterocycles. The number of hydrogen-bond donors (Lipinski definition) is 2. The molecule has 0 atom stereocenters. The molecule has 1 fully saturated rings. The van der Waals surface area contributed by atoms with Crippen LogP contribution in [0.2, 0.25) is 0 Å². The number of amides is 1. The summed E-state index contributed by atoms with van der Waals surface area (Å²) in [7, 11) is 0. The molecule has 1 amide bonds. The summed E-state index contributed by atoms with van der Waals surface area (Å²) in [4.78, 5) is 47.9. The van der Waals surface area contributed by atoms with Gasteiger partial charge >= 0.3 is 5.69 Å². The number of carbonyl (C=O) groups is 1. The van der Waals surface area contributed by atoms with Gasteiger partial charge in [-0.3, -0.25) is 19.1 Å². The van der Waals surface area contributed by atoms with Crippen molar-refractivity contribution < 1.29 is 4.79 Å². The van der Waals surface area contributed by atoms with Gasteiger partial charge in [0.1, 0.15) is 6.54 Å². The Morgan fingerprint density at radius 3 is 2.83 bits per heavy atom. The highest BCUT2D eigenvalue weighted by molar-refractivity contribution is 5.75. The van der Waals surface area contributed by atoms with Gasteiger partial charge in [-0.05, 0) is 18.9 Å². The summed E-state index contributed by atoms with van der Waals surface area (Å²) in [6.07, 6.45) is 5.01. The monoisotopic (exact) mass is 330 g/mol. The van der Waals surface area contributed by atoms with E-state index in [1.54, 1.807) is 6.07 Å². The summed E-state index contributed by atoms with van der Waals surface area (Å²) in [5.74, 6) is 0.183. The average Bonchev–Trinajstić information content (AvgIpc) is 3.09. The zero-order chi connectivity index (χ0) is 16.9. The maximum atomic E-state index is 11.9. The van der Waals surface area contributed by atoms with E-state index in [9.17, 15) is 14.4 Å². The topological polar surface area (TPSA) is 113 Å². The van der Waals surface area contributed by atoms with Gasteiger partial charge in [-0.25, -0.2) is 14.8 Å². The molecule has 126 valence electrons. The Morgan fingerprint density at radius 1 is 1.29 bits per heavy atom. The van der Waals surface area contributed by atoms with Gasteiger partial charge in [-0.1, -0.05) is 0 Å². The molecule has 3 rings (SSSR count). The Kier molecular flexibility index (Phi) is 4.69. The first kappa shape index (κ1) is 15.9. The van der Waals surface area contributed by atoms with Gasteiger partial charge in [0, 0.05) is 31.5 Å². The molecule has 1 saturated heterocycles. The van der Waals surface area contributed by atoms with Crippen molar-refractivity contribution in [2.75, 3.05) is 18.0 Å². The van der Waals surface area contributed by atoms with E-state index in [1.807, 2.05) is 4.90 Å². The summed E-state index contributed by atoms with van der Waals surface area (Å²) in [6, 6.07) is 2.94. The van der Waals surface area contributed by atoms with Crippen LogP contribution in [0, 0.1) is 0 Å². The highest BCUT2D eigenvalue weighted by Crippen LogP contribution is 2.14. The minimum atomic E-state index is -0.488. The number of carbonyl (C=O) groups excluding carboxylic acids is 1. The van der Waals surface area contributed by atoms with Crippen LogP contribution in [0.1, 0.15) is 18.5 Å². The van der Waals surface area contributed by atoms with E-state index in [-0.39, 0.29) is 24.6 Å². The van der Waals surface area contributed by atoms with Gasteiger partial charge in [0.2, 0.25) is 11.9 Å². The van der Waals surface area contributed by atoms with Gasteiger partial charge < -0.3 is 10.2 Å². The second kappa shape index (κ2) is 7.07. The summed E-state index contributed by atoms with van der Waals surface area (Å²) in [6.45, 7) is 1.72. The smallest absolute Gasteiger partial charge is 0.347 e. The predicted molar refractivity (Wildman–Crippen MR) is 86.6 cm³/mol. The van der Waals surface area contributed by atoms with E-state index in [4.69, 9.17) is 0 Å². The lowest BCUT2D eigenvalue weighted by molar-refractivity contribution is -0.121. The molecule has 9 nitrogen and oxygen atoms in total. The molecule has 2 N–H and O–H groups in total. The van der Waals surface area contributed by atoms with Crippen molar-refractivity contribution in [3.63, 3.8) is 0 Å². The molecular formula is C15H18N6O3. The highest BCUT2D eigenvalue weighted by atomic mass is 16.2. The van der Waals surface area contributed by atoms with Crippen molar-refractivity contribution in [3.05, 3.63) is 51.1 Å². The molecular weight excluding hydrogens is 312 g/mol. The van der Waals surface area contributed by atoms with Gasteiger partial charge in [-0.15, -0.1) is 0 Å². The molecule has 3 heterocycles. The van der Waals surface area contributed by atoms with Crippen molar-refractivity contribution in [1.29, 1.82) is 0 Å². The van der Waals surface area contributed by atoms with Crippen LogP contribution in [-0.2, 0) is 17.9 Å². The Hall–Kier alpha value is -2.97. The van der Waals surface area contributed by atoms with E-state index < -0.39 is 5.69 Å². The Bertz CT molecular complexity index is 837. The number of nitrogens with one attached hydrogen (secondary N) is 2. The van der Waals surface area contributed by atoms with Crippen molar-refractivity contribution >= 4 is 11.9 Å². The fourth-order valence-corrected chi connectivity index (χ4v) is 2.57. The van der Waals surface area contributed by atoms with E-state index in [0.29, 0.717) is 11.6 Å². The van der Waals surface area contributed by atoms with Gasteiger partial charge in [0.25, 0.3) is 5.56 Å². The van der Waals surface area contributed by atoms with E-state index in [0.717, 1.165) is 25.9 Å². The fraction of sp³-hybridized carbons (Fsp3) is 0.400. The molecule has 2 aromatic rings. The van der Waals surface area contributed by atoms with Crippen LogP contribution < -0.4 is 21.5 Å². The largest absolute Gasteiger partial charge is 0.349 e. The summed E-state index contributed by atoms with van der Waals surface area (Å²) in [5, 5.41) is 2.66. The molecule has 0 bridgehead atoms. The van der Waals surface area contributed by atoms with Crippen molar-refractivity contribution in [2.45, 2.75) is 25.9 Å². The first-order valence-electron chi connectivity index (χ1n) is 7.75. The van der Waals surface area contributed by atoms with Crippen LogP contribution in [0.4, 0.5) is 5.95 Å². The van der Waals surface area contributed by atoms with E-state index in [2.05, 4.69) is 20.3 Å². The van der Waals surface area contributed by atoms with Crippen molar-refractivity contribution in [2.24, 2.45) is 0 Å². The minimum Gasteiger partial charge on any atom is -0.349 e. The van der Waals surface area contributed by atoms with Gasteiger partial charge in [0.15, 0.2) is 0 Å². The zero-order valence-electron chi connectivity index (χ0n) is 13.1. The molecule has 0 radical (unpaired) electrons. The lowest BCUT2D eigenvalue weighted by Crippen LogP contribution is -2.33. The number of aromatic nitrogens is 4. The number of anilines is 1. The predicted octanol–water partition coefficient (Wildman–Crippen LogP) is -0.757. The number of aromatic amines is 1. The summed E-state index contributed by atoms with van der Waals surface area (Å²) < 4.78 is 1.20. The van der Waals surface area contributed by atoms with Crippen LogP contribution in [0.3, 0.4) is 0 Å². The molecule has 0 saturated carbocycles. The molecule has 0 unspecified atom stereocenters. The van der Waals surface area contributed by atoms with Crippen LogP contribution >= 0.6 is 0 Å². The van der Waals surface area contributed by atoms with E-state index >= 15 is 0 Å². The molecule has 0 aromatic carbocycles. The molecule has 9 heteroatoms. The Morgan fingerprint density at radius 2 is 2.08 bits per heavy atom. The zero-order valence-corrected chi connectivity index (χ0v) is 13.1. The third-order valence-corrected chi connectivity index (χ3v) is 3.75. The molecule has 0 spiro atoms. The van der Waals surface area contributed by atoms with Crippen LogP contribution in [0.25, 0.3) is 0 Å². The standard InChI is InChI=1S/C15H18N6O3/c22-12-8-11(18-14(19-12)20-5-1-2-6-20)9-17-13(23)10-21-7-3-4-16-15(21)24/h3-4,7-8H,1-2,5-6,9-10H2,(H,17,23)(H,18,19,22). The molecule has 0 aliphatic carbocycles. The van der Waals surface area contributed by atoms with E-state index in [1.165, 1.54) is 23.0 Å². The van der Waals surface area contributed by atoms with Crippen LogP contribution in [-0.4, -0.2) is 38.5 Å². The molecule has 1 aliphatic rings. The fourth-order valence-electron chi connectivity index (χ4n) is 2.57. The average molecular weight is 330 g/mol. The molecule has 2 aromatic heterocycles. The third kappa shape index (κ3) is 3.86. The Labute approximate surface area is 137 Å². The van der Waals surface area contributed by atoms with Crippen LogP contribution in [0.15, 0.2) is 34.1 Å². The maximum Gasteiger partial charge on any atom is 0.347 e. The van der Waals surface area contributed by atoms with Crippen molar-refractivity contribution in [3.8, 4) is 0 Å². The number of nitrogens with zero attached hydrogens (tertiary/aromatic N) is 4. The highest BCUT2D eigenvalue weighted by Gasteiger charge is 2.15. The number of H-pyrrole nitrogens is 1. The third-order valence-electron chi connectivity index (χ3n) is 3.75. The first-order valence-corrected chi connectivity index (χ1v) is 7.75. The van der Waals surface area contributed by atoms with Crippen molar-refractivity contribution in [1.82, 2.24) is 24.8 Å². The SMILES string of the molecule is O=C(Cn1cccnc1=O)NCc1cc(=O)[nH]c(N2CCCC2)n1. The minimum absolute atomic E-state index is 0.124. The lowest BCUT2D eigenvalue weighted by atomic mass is 10.4. The summed E-state index contributed by atoms with van der Waals surface area (Å²) >= 11 is 0. The maximum absolute atomic E-state index is 11.9. The quantitative estimate of drug-likeness (QED) is 0.745. The van der Waals surface area contributed by atoms with Gasteiger partial charge in [0.05, 0.1) is 12.2 Å². The van der Waals surface area contributed by atoms with Crippen LogP contribution in [0.5, 0.6) is 0 Å². The Balaban J connectivity index is 1.64. The first-order chi connectivity index (χ1) is 11.6. The number of hydrogen-bond acceptors (Lipinski definition) is 6. The summed E-state index contributed by atoms with van der Waals surface area (Å²) in [5.41, 5.74) is -0.259.